The van der Waals surface area contributed by atoms with E-state index in [0.717, 1.165) is 4.88 Å². The molecule has 0 saturated heterocycles. The van der Waals surface area contributed by atoms with Crippen LogP contribution < -0.4 is 16.0 Å². The predicted octanol–water partition coefficient (Wildman–Crippen LogP) is 1.49. The SMILES string of the molecule is Cc1ccc(C(=O)NNC(=O)c2cc(Cl)sc2S(N)(=O)=O)s1. The zero-order valence-electron chi connectivity index (χ0n) is 11.0. The third kappa shape index (κ3) is 3.84. The highest BCUT2D eigenvalue weighted by Gasteiger charge is 2.23. The standard InChI is InChI=1S/C11H10ClN3O4S3/c1-5-2-3-7(20-5)10(17)15-14-9(16)6-4-8(12)21-11(6)22(13,18)19/h2-4H,1H3,(H,14,16)(H,15,17)(H2,13,18,19). The van der Waals surface area contributed by atoms with Crippen molar-refractivity contribution in [3.8, 4) is 0 Å². The van der Waals surface area contributed by atoms with Crippen molar-refractivity contribution < 1.29 is 18.0 Å². The van der Waals surface area contributed by atoms with Gasteiger partial charge in [-0.2, -0.15) is 0 Å². The van der Waals surface area contributed by atoms with Gasteiger partial charge >= 0.3 is 0 Å². The second kappa shape index (κ2) is 6.34. The molecule has 0 spiro atoms. The van der Waals surface area contributed by atoms with Crippen molar-refractivity contribution >= 4 is 56.1 Å². The maximum Gasteiger partial charge on any atom is 0.279 e. The summed E-state index contributed by atoms with van der Waals surface area (Å²) < 4.78 is 22.5. The summed E-state index contributed by atoms with van der Waals surface area (Å²) in [7, 11) is -4.08. The zero-order chi connectivity index (χ0) is 16.5. The Hall–Kier alpha value is -1.46. The van der Waals surface area contributed by atoms with E-state index in [4.69, 9.17) is 16.7 Å². The molecule has 0 atom stereocenters. The van der Waals surface area contributed by atoms with Crippen LogP contribution in [0.3, 0.4) is 0 Å². The molecular formula is C11H10ClN3O4S3. The molecule has 2 aromatic rings. The molecular weight excluding hydrogens is 370 g/mol. The quantitative estimate of drug-likeness (QED) is 0.700. The molecule has 0 bridgehead atoms. The topological polar surface area (TPSA) is 118 Å². The summed E-state index contributed by atoms with van der Waals surface area (Å²) in [6.07, 6.45) is 0. The average molecular weight is 380 g/mol. The van der Waals surface area contributed by atoms with Crippen LogP contribution in [0.15, 0.2) is 22.4 Å². The Morgan fingerprint density at radius 1 is 1.18 bits per heavy atom. The number of primary sulfonamides is 1. The Bertz CT molecular complexity index is 841. The minimum atomic E-state index is -4.08. The highest BCUT2D eigenvalue weighted by Crippen LogP contribution is 2.29. The van der Waals surface area contributed by atoms with Gasteiger partial charge in [-0.3, -0.25) is 20.4 Å². The van der Waals surface area contributed by atoms with Gasteiger partial charge in [-0.1, -0.05) is 11.6 Å². The number of hydrogen-bond donors (Lipinski definition) is 3. The van der Waals surface area contributed by atoms with Gasteiger partial charge in [-0.15, -0.1) is 22.7 Å². The highest BCUT2D eigenvalue weighted by atomic mass is 35.5. The Labute approximate surface area is 139 Å². The number of sulfonamides is 1. The number of halogens is 1. The molecule has 11 heteroatoms. The van der Waals surface area contributed by atoms with E-state index in [0.29, 0.717) is 16.2 Å². The number of hydrogen-bond acceptors (Lipinski definition) is 6. The highest BCUT2D eigenvalue weighted by molar-refractivity contribution is 7.91. The molecule has 0 aliphatic heterocycles. The van der Waals surface area contributed by atoms with Gasteiger partial charge < -0.3 is 0 Å². The second-order valence-corrected chi connectivity index (χ2v) is 8.84. The minimum Gasteiger partial charge on any atom is -0.267 e. The Morgan fingerprint density at radius 2 is 1.82 bits per heavy atom. The minimum absolute atomic E-state index is 0.0920. The maximum absolute atomic E-state index is 12.0. The first-order valence-corrected chi connectivity index (χ1v) is 9.23. The molecule has 0 fully saturated rings. The lowest BCUT2D eigenvalue weighted by Crippen LogP contribution is -2.41. The van der Waals surface area contributed by atoms with Crippen LogP contribution in [0.2, 0.25) is 4.34 Å². The van der Waals surface area contributed by atoms with Crippen molar-refractivity contribution in [1.29, 1.82) is 0 Å². The molecule has 2 amide bonds. The zero-order valence-corrected chi connectivity index (χ0v) is 14.3. The molecule has 0 aromatic carbocycles. The molecule has 118 valence electrons. The monoisotopic (exact) mass is 379 g/mol. The first-order valence-electron chi connectivity index (χ1n) is 5.67. The number of amides is 2. The lowest BCUT2D eigenvalue weighted by molar-refractivity contribution is 0.0847. The number of rotatable bonds is 3. The predicted molar refractivity (Wildman–Crippen MR) is 84.7 cm³/mol. The molecule has 4 N–H and O–H groups in total. The molecule has 0 aliphatic carbocycles. The van der Waals surface area contributed by atoms with Crippen LogP contribution in [0.4, 0.5) is 0 Å². The van der Waals surface area contributed by atoms with Gasteiger partial charge in [0.1, 0.15) is 4.21 Å². The summed E-state index contributed by atoms with van der Waals surface area (Å²) in [6.45, 7) is 1.84. The van der Waals surface area contributed by atoms with Crippen LogP contribution in [-0.4, -0.2) is 20.2 Å². The largest absolute Gasteiger partial charge is 0.279 e. The fourth-order valence-electron chi connectivity index (χ4n) is 1.51. The van der Waals surface area contributed by atoms with Gasteiger partial charge in [-0.25, -0.2) is 13.6 Å². The summed E-state index contributed by atoms with van der Waals surface area (Å²) in [5, 5.41) is 5.02. The van der Waals surface area contributed by atoms with Gasteiger partial charge in [0.2, 0.25) is 10.0 Å². The third-order valence-corrected chi connectivity index (χ3v) is 6.17. The Kier molecular flexibility index (Phi) is 4.87. The van der Waals surface area contributed by atoms with E-state index < -0.39 is 21.8 Å². The van der Waals surface area contributed by atoms with E-state index in [-0.39, 0.29) is 14.1 Å². The summed E-state index contributed by atoms with van der Waals surface area (Å²) in [6, 6.07) is 4.54. The van der Waals surface area contributed by atoms with Gasteiger partial charge in [0, 0.05) is 4.88 Å². The molecule has 2 heterocycles. The summed E-state index contributed by atoms with van der Waals surface area (Å²) in [4.78, 5) is 25.1. The number of nitrogens with two attached hydrogens (primary N) is 1. The van der Waals surface area contributed by atoms with Crippen molar-refractivity contribution in [2.45, 2.75) is 11.1 Å². The van der Waals surface area contributed by atoms with E-state index in [9.17, 15) is 18.0 Å². The Morgan fingerprint density at radius 3 is 2.36 bits per heavy atom. The lowest BCUT2D eigenvalue weighted by Gasteiger charge is -2.06. The number of hydrazine groups is 1. The van der Waals surface area contributed by atoms with Gasteiger partial charge in [-0.05, 0) is 25.1 Å². The van der Waals surface area contributed by atoms with Gasteiger partial charge in [0.15, 0.2) is 0 Å². The van der Waals surface area contributed by atoms with Crippen molar-refractivity contribution in [3.63, 3.8) is 0 Å². The number of nitrogens with one attached hydrogen (secondary N) is 2. The van der Waals surface area contributed by atoms with Crippen molar-refractivity contribution in [1.82, 2.24) is 10.9 Å². The number of thiophene rings is 2. The van der Waals surface area contributed by atoms with Crippen LogP contribution in [0.1, 0.15) is 24.9 Å². The van der Waals surface area contributed by atoms with E-state index in [1.54, 1.807) is 12.1 Å². The average Bonchev–Trinajstić information content (AvgIpc) is 3.01. The summed E-state index contributed by atoms with van der Waals surface area (Å²) in [5.41, 5.74) is 4.10. The molecule has 0 aliphatic rings. The number of carbonyl (C=O) groups is 2. The van der Waals surface area contributed by atoms with E-state index in [2.05, 4.69) is 10.9 Å². The molecule has 0 radical (unpaired) electrons. The number of carbonyl (C=O) groups excluding carboxylic acids is 2. The van der Waals surface area contributed by atoms with Crippen molar-refractivity contribution in [2.24, 2.45) is 5.14 Å². The summed E-state index contributed by atoms with van der Waals surface area (Å²) in [5.74, 6) is -1.33. The lowest BCUT2D eigenvalue weighted by atomic mass is 10.3. The molecule has 0 saturated carbocycles. The molecule has 22 heavy (non-hydrogen) atoms. The fourth-order valence-corrected chi connectivity index (χ4v) is 4.56. The third-order valence-electron chi connectivity index (χ3n) is 2.42. The Balaban J connectivity index is 2.12. The van der Waals surface area contributed by atoms with E-state index in [1.165, 1.54) is 17.4 Å². The number of aryl methyl sites for hydroxylation is 1. The van der Waals surface area contributed by atoms with Crippen molar-refractivity contribution in [3.05, 3.63) is 37.9 Å². The van der Waals surface area contributed by atoms with Crippen molar-refractivity contribution in [2.75, 3.05) is 0 Å². The molecule has 0 unspecified atom stereocenters. The normalized spacial score (nSPS) is 11.2. The molecule has 2 aromatic heterocycles. The van der Waals surface area contributed by atoms with Crippen LogP contribution >= 0.6 is 34.3 Å². The van der Waals surface area contributed by atoms with Gasteiger partial charge in [0.05, 0.1) is 14.8 Å². The first-order chi connectivity index (χ1) is 10.2. The molecule has 7 nitrogen and oxygen atoms in total. The van der Waals surface area contributed by atoms with E-state index in [1.807, 2.05) is 6.92 Å². The van der Waals surface area contributed by atoms with Crippen LogP contribution in [0, 0.1) is 6.92 Å². The van der Waals surface area contributed by atoms with Gasteiger partial charge in [0.25, 0.3) is 11.8 Å². The fraction of sp³-hybridized carbons (Fsp3) is 0.0909. The second-order valence-electron chi connectivity index (χ2n) is 4.12. The van der Waals surface area contributed by atoms with Crippen LogP contribution in [0.5, 0.6) is 0 Å². The first kappa shape index (κ1) is 16.9. The van der Waals surface area contributed by atoms with E-state index >= 15 is 0 Å². The summed E-state index contributed by atoms with van der Waals surface area (Å²) >= 11 is 7.63. The van der Waals surface area contributed by atoms with Crippen LogP contribution in [-0.2, 0) is 10.0 Å². The maximum atomic E-state index is 12.0. The molecule has 2 rings (SSSR count). The van der Waals surface area contributed by atoms with Crippen LogP contribution in [0.25, 0.3) is 0 Å². The smallest absolute Gasteiger partial charge is 0.267 e.